The van der Waals surface area contributed by atoms with Gasteiger partial charge in [-0.05, 0) is 60.6 Å². The number of nitrogens with zero attached hydrogens (tertiary/aromatic N) is 3. The third-order valence-electron chi connectivity index (χ3n) is 6.68. The Kier molecular flexibility index (Phi) is 6.59. The minimum atomic E-state index is -0.519. The zero-order chi connectivity index (χ0) is 23.4. The second-order valence-corrected chi connectivity index (χ2v) is 9.18. The lowest BCUT2D eigenvalue weighted by atomic mass is 9.72. The molecule has 0 spiro atoms. The van der Waals surface area contributed by atoms with Crippen LogP contribution < -0.4 is 0 Å². The van der Waals surface area contributed by atoms with Gasteiger partial charge < -0.3 is 9.80 Å². The van der Waals surface area contributed by atoms with E-state index >= 15 is 0 Å². The van der Waals surface area contributed by atoms with Crippen molar-refractivity contribution < 1.29 is 9.59 Å². The molecule has 0 radical (unpaired) electrons. The molecule has 4 rings (SSSR count). The first-order chi connectivity index (χ1) is 15.9. The Morgan fingerprint density at radius 3 is 2.36 bits per heavy atom. The summed E-state index contributed by atoms with van der Waals surface area (Å²) in [4.78, 5) is 34.0. The Balaban J connectivity index is 1.57. The van der Waals surface area contributed by atoms with Gasteiger partial charge in [-0.2, -0.15) is 0 Å². The van der Waals surface area contributed by atoms with Crippen molar-refractivity contribution in [2.24, 2.45) is 5.41 Å². The molecule has 1 aromatic heterocycles. The van der Waals surface area contributed by atoms with Crippen molar-refractivity contribution in [3.05, 3.63) is 89.7 Å². The standard InChI is InChI=1S/C28H31N3O2/c1-21-9-4-5-12-24(21)23-11-8-10-22(19-23)20-28(27(33)30(2)3)14-17-31(18-15-28)26(32)25-13-6-7-16-29-25/h4-13,16,19H,14-15,17-18,20H2,1-3H3. The molecular weight excluding hydrogens is 410 g/mol. The van der Waals surface area contributed by atoms with Gasteiger partial charge in [0.2, 0.25) is 5.91 Å². The van der Waals surface area contributed by atoms with Crippen LogP contribution in [0.1, 0.15) is 34.5 Å². The fraction of sp³-hybridized carbons (Fsp3) is 0.321. The van der Waals surface area contributed by atoms with E-state index in [1.807, 2.05) is 31.1 Å². The van der Waals surface area contributed by atoms with Gasteiger partial charge in [0.1, 0.15) is 5.69 Å². The number of amides is 2. The molecule has 2 heterocycles. The Morgan fingerprint density at radius 1 is 0.970 bits per heavy atom. The first kappa shape index (κ1) is 22.7. The van der Waals surface area contributed by atoms with Crippen molar-refractivity contribution in [1.29, 1.82) is 0 Å². The normalized spacial score (nSPS) is 15.2. The minimum Gasteiger partial charge on any atom is -0.348 e. The second kappa shape index (κ2) is 9.57. The lowest BCUT2D eigenvalue weighted by molar-refractivity contribution is -0.142. The van der Waals surface area contributed by atoms with Crippen LogP contribution >= 0.6 is 0 Å². The molecule has 5 nitrogen and oxygen atoms in total. The van der Waals surface area contributed by atoms with E-state index in [4.69, 9.17) is 0 Å². The summed E-state index contributed by atoms with van der Waals surface area (Å²) in [5, 5.41) is 0. The summed E-state index contributed by atoms with van der Waals surface area (Å²) in [7, 11) is 3.64. The van der Waals surface area contributed by atoms with Crippen molar-refractivity contribution in [2.45, 2.75) is 26.2 Å². The molecule has 0 aliphatic carbocycles. The van der Waals surface area contributed by atoms with Gasteiger partial charge in [0.25, 0.3) is 5.91 Å². The van der Waals surface area contributed by atoms with E-state index in [1.54, 1.807) is 23.2 Å². The minimum absolute atomic E-state index is 0.0666. The molecule has 1 aliphatic rings. The Hall–Kier alpha value is -3.47. The fourth-order valence-electron chi connectivity index (χ4n) is 4.87. The molecule has 1 aliphatic heterocycles. The Morgan fingerprint density at radius 2 is 1.70 bits per heavy atom. The van der Waals surface area contributed by atoms with E-state index in [0.29, 0.717) is 38.0 Å². The highest BCUT2D eigenvalue weighted by atomic mass is 16.2. The molecule has 2 aromatic carbocycles. The maximum Gasteiger partial charge on any atom is 0.272 e. The number of carbonyl (C=O) groups is 2. The summed E-state index contributed by atoms with van der Waals surface area (Å²) in [6.45, 7) is 3.21. The second-order valence-electron chi connectivity index (χ2n) is 9.18. The Bertz CT molecular complexity index is 1130. The lowest BCUT2D eigenvalue weighted by Gasteiger charge is -2.42. The summed E-state index contributed by atoms with van der Waals surface area (Å²) >= 11 is 0. The molecule has 0 atom stereocenters. The molecule has 3 aromatic rings. The third-order valence-corrected chi connectivity index (χ3v) is 6.68. The topological polar surface area (TPSA) is 53.5 Å². The van der Waals surface area contributed by atoms with Crippen molar-refractivity contribution in [2.75, 3.05) is 27.2 Å². The summed E-state index contributed by atoms with van der Waals surface area (Å²) < 4.78 is 0. The van der Waals surface area contributed by atoms with Crippen LogP contribution in [0.15, 0.2) is 72.9 Å². The number of hydrogen-bond acceptors (Lipinski definition) is 3. The zero-order valence-electron chi connectivity index (χ0n) is 19.6. The third kappa shape index (κ3) is 4.82. The average molecular weight is 442 g/mol. The number of aromatic nitrogens is 1. The molecule has 170 valence electrons. The average Bonchev–Trinajstić information content (AvgIpc) is 2.84. The quantitative estimate of drug-likeness (QED) is 0.581. The first-order valence-electron chi connectivity index (χ1n) is 11.5. The van der Waals surface area contributed by atoms with Gasteiger partial charge >= 0.3 is 0 Å². The zero-order valence-corrected chi connectivity index (χ0v) is 19.6. The molecule has 0 bridgehead atoms. The van der Waals surface area contributed by atoms with Gasteiger partial charge in [0.15, 0.2) is 0 Å². The number of likely N-dealkylation sites (tertiary alicyclic amines) is 1. The lowest BCUT2D eigenvalue weighted by Crippen LogP contribution is -2.51. The molecule has 5 heteroatoms. The molecule has 0 N–H and O–H groups in total. The number of rotatable bonds is 5. The van der Waals surface area contributed by atoms with Crippen LogP contribution in [0.3, 0.4) is 0 Å². The molecule has 33 heavy (non-hydrogen) atoms. The predicted molar refractivity (Wildman–Crippen MR) is 131 cm³/mol. The van der Waals surface area contributed by atoms with Crippen LogP contribution in [-0.4, -0.2) is 53.8 Å². The highest BCUT2D eigenvalue weighted by molar-refractivity contribution is 5.92. The Labute approximate surface area is 196 Å². The fourth-order valence-corrected chi connectivity index (χ4v) is 4.87. The number of hydrogen-bond donors (Lipinski definition) is 0. The van der Waals surface area contributed by atoms with Crippen LogP contribution in [-0.2, 0) is 11.2 Å². The predicted octanol–water partition coefficient (Wildman–Crippen LogP) is 4.61. The van der Waals surface area contributed by atoms with Crippen LogP contribution in [0.4, 0.5) is 0 Å². The van der Waals surface area contributed by atoms with Crippen molar-refractivity contribution >= 4 is 11.8 Å². The number of carbonyl (C=O) groups excluding carboxylic acids is 2. The molecule has 0 saturated carbocycles. The van der Waals surface area contributed by atoms with E-state index in [1.165, 1.54) is 16.7 Å². The van der Waals surface area contributed by atoms with Gasteiger partial charge in [0.05, 0.1) is 5.41 Å². The summed E-state index contributed by atoms with van der Waals surface area (Å²) in [5.41, 5.74) is 4.69. The van der Waals surface area contributed by atoms with E-state index in [0.717, 1.165) is 5.56 Å². The van der Waals surface area contributed by atoms with Gasteiger partial charge in [-0.15, -0.1) is 0 Å². The highest BCUT2D eigenvalue weighted by Crippen LogP contribution is 2.38. The first-order valence-corrected chi connectivity index (χ1v) is 11.5. The number of pyridine rings is 1. The largest absolute Gasteiger partial charge is 0.348 e. The van der Waals surface area contributed by atoms with Crippen LogP contribution in [0.2, 0.25) is 0 Å². The SMILES string of the molecule is Cc1ccccc1-c1cccc(CC2(C(=O)N(C)C)CCN(C(=O)c3ccccn3)CC2)c1. The monoisotopic (exact) mass is 441 g/mol. The van der Waals surface area contributed by atoms with Gasteiger partial charge in [0, 0.05) is 33.4 Å². The van der Waals surface area contributed by atoms with Crippen molar-refractivity contribution in [1.82, 2.24) is 14.8 Å². The molecule has 1 fully saturated rings. The van der Waals surface area contributed by atoms with E-state index in [2.05, 4.69) is 54.4 Å². The van der Waals surface area contributed by atoms with E-state index in [9.17, 15) is 9.59 Å². The molecule has 0 unspecified atom stereocenters. The van der Waals surface area contributed by atoms with E-state index in [-0.39, 0.29) is 11.8 Å². The molecule has 1 saturated heterocycles. The van der Waals surface area contributed by atoms with Gasteiger partial charge in [-0.1, -0.05) is 54.6 Å². The van der Waals surface area contributed by atoms with Crippen molar-refractivity contribution in [3.8, 4) is 11.1 Å². The molecular formula is C28H31N3O2. The van der Waals surface area contributed by atoms with Crippen LogP contribution in [0.25, 0.3) is 11.1 Å². The van der Waals surface area contributed by atoms with Crippen LogP contribution in [0, 0.1) is 12.3 Å². The van der Waals surface area contributed by atoms with E-state index < -0.39 is 5.41 Å². The maximum absolute atomic E-state index is 13.4. The summed E-state index contributed by atoms with van der Waals surface area (Å²) in [5.74, 6) is 0.0665. The molecule has 2 amide bonds. The van der Waals surface area contributed by atoms with Crippen LogP contribution in [0.5, 0.6) is 0 Å². The number of piperidine rings is 1. The van der Waals surface area contributed by atoms with Gasteiger partial charge in [-0.25, -0.2) is 0 Å². The van der Waals surface area contributed by atoms with Crippen molar-refractivity contribution in [3.63, 3.8) is 0 Å². The summed E-state index contributed by atoms with van der Waals surface area (Å²) in [6, 6.07) is 22.2. The highest BCUT2D eigenvalue weighted by Gasteiger charge is 2.43. The smallest absolute Gasteiger partial charge is 0.272 e. The number of aryl methyl sites for hydroxylation is 1. The summed E-state index contributed by atoms with van der Waals surface area (Å²) in [6.07, 6.45) is 3.57. The number of benzene rings is 2. The van der Waals surface area contributed by atoms with Gasteiger partial charge in [-0.3, -0.25) is 14.6 Å². The maximum atomic E-state index is 13.4.